The van der Waals surface area contributed by atoms with Gasteiger partial charge in [0.1, 0.15) is 6.10 Å². The molecule has 0 amide bonds. The predicted molar refractivity (Wildman–Crippen MR) is 73.7 cm³/mol. The van der Waals surface area contributed by atoms with Gasteiger partial charge in [-0.3, -0.25) is 9.67 Å². The van der Waals surface area contributed by atoms with Crippen molar-refractivity contribution in [3.05, 3.63) is 59.5 Å². The SMILES string of the molecule is Cc1cc(C(O)c2ccc3cccnc3c2)n(C)n1. The summed E-state index contributed by atoms with van der Waals surface area (Å²) in [6.45, 7) is 1.91. The minimum absolute atomic E-state index is 0.683. The number of aliphatic hydroxyl groups excluding tert-OH is 1. The van der Waals surface area contributed by atoms with Gasteiger partial charge in [0.15, 0.2) is 0 Å². The Morgan fingerprint density at radius 3 is 2.79 bits per heavy atom. The van der Waals surface area contributed by atoms with E-state index in [4.69, 9.17) is 0 Å². The Labute approximate surface area is 111 Å². The fraction of sp³-hybridized carbons (Fsp3) is 0.200. The van der Waals surface area contributed by atoms with E-state index < -0.39 is 6.10 Å². The second-order valence-electron chi connectivity index (χ2n) is 4.69. The monoisotopic (exact) mass is 253 g/mol. The zero-order valence-electron chi connectivity index (χ0n) is 10.9. The predicted octanol–water partition coefficient (Wildman–Crippen LogP) is 2.36. The van der Waals surface area contributed by atoms with Gasteiger partial charge in [0.05, 0.1) is 16.9 Å². The van der Waals surface area contributed by atoms with Crippen molar-refractivity contribution in [1.29, 1.82) is 0 Å². The quantitative estimate of drug-likeness (QED) is 0.762. The first-order chi connectivity index (χ1) is 9.15. The highest BCUT2D eigenvalue weighted by molar-refractivity contribution is 5.79. The zero-order valence-corrected chi connectivity index (χ0v) is 10.9. The third-order valence-electron chi connectivity index (χ3n) is 3.26. The fourth-order valence-electron chi connectivity index (χ4n) is 2.31. The lowest BCUT2D eigenvalue weighted by molar-refractivity contribution is 0.210. The van der Waals surface area contributed by atoms with Crippen LogP contribution in [0.4, 0.5) is 0 Å². The number of hydrogen-bond donors (Lipinski definition) is 1. The van der Waals surface area contributed by atoms with Crippen molar-refractivity contribution in [1.82, 2.24) is 14.8 Å². The van der Waals surface area contributed by atoms with Gasteiger partial charge in [0, 0.05) is 18.6 Å². The molecular formula is C15H15N3O. The number of fused-ring (bicyclic) bond motifs is 1. The maximum atomic E-state index is 10.5. The van der Waals surface area contributed by atoms with Crippen LogP contribution in [-0.4, -0.2) is 19.9 Å². The Morgan fingerprint density at radius 2 is 2.05 bits per heavy atom. The Morgan fingerprint density at radius 1 is 1.21 bits per heavy atom. The highest BCUT2D eigenvalue weighted by Gasteiger charge is 2.15. The van der Waals surface area contributed by atoms with Gasteiger partial charge < -0.3 is 5.11 Å². The van der Waals surface area contributed by atoms with Crippen LogP contribution in [0.3, 0.4) is 0 Å². The topological polar surface area (TPSA) is 50.9 Å². The molecule has 0 saturated carbocycles. The van der Waals surface area contributed by atoms with Crippen molar-refractivity contribution in [3.8, 4) is 0 Å². The maximum Gasteiger partial charge on any atom is 0.121 e. The van der Waals surface area contributed by atoms with Crippen LogP contribution in [0.15, 0.2) is 42.6 Å². The number of aromatic nitrogens is 3. The van der Waals surface area contributed by atoms with E-state index >= 15 is 0 Å². The van der Waals surface area contributed by atoms with Crippen LogP contribution in [0.5, 0.6) is 0 Å². The summed E-state index contributed by atoms with van der Waals surface area (Å²) in [5, 5.41) is 15.8. The van der Waals surface area contributed by atoms with Crippen LogP contribution in [0, 0.1) is 6.92 Å². The van der Waals surface area contributed by atoms with Crippen LogP contribution in [0.2, 0.25) is 0 Å². The summed E-state index contributed by atoms with van der Waals surface area (Å²) in [6, 6.07) is 11.6. The van der Waals surface area contributed by atoms with Crippen molar-refractivity contribution in [2.75, 3.05) is 0 Å². The molecule has 1 N–H and O–H groups in total. The van der Waals surface area contributed by atoms with E-state index in [0.29, 0.717) is 0 Å². The Balaban J connectivity index is 2.06. The number of hydrogen-bond acceptors (Lipinski definition) is 3. The van der Waals surface area contributed by atoms with E-state index in [0.717, 1.165) is 27.9 Å². The van der Waals surface area contributed by atoms with E-state index in [1.54, 1.807) is 10.9 Å². The van der Waals surface area contributed by atoms with Crippen LogP contribution in [0.1, 0.15) is 23.1 Å². The lowest BCUT2D eigenvalue weighted by Crippen LogP contribution is -2.06. The normalized spacial score (nSPS) is 12.8. The molecule has 2 heterocycles. The minimum atomic E-state index is -0.683. The number of rotatable bonds is 2. The van der Waals surface area contributed by atoms with Gasteiger partial charge in [-0.05, 0) is 30.7 Å². The second-order valence-corrected chi connectivity index (χ2v) is 4.69. The molecule has 2 aromatic heterocycles. The van der Waals surface area contributed by atoms with Gasteiger partial charge in [-0.25, -0.2) is 0 Å². The molecule has 0 bridgehead atoms. The van der Waals surface area contributed by atoms with Gasteiger partial charge >= 0.3 is 0 Å². The second kappa shape index (κ2) is 4.48. The smallest absolute Gasteiger partial charge is 0.121 e. The number of nitrogens with zero attached hydrogens (tertiary/aromatic N) is 3. The molecule has 19 heavy (non-hydrogen) atoms. The summed E-state index contributed by atoms with van der Waals surface area (Å²) in [4.78, 5) is 4.31. The average molecular weight is 253 g/mol. The summed E-state index contributed by atoms with van der Waals surface area (Å²) in [7, 11) is 1.84. The van der Waals surface area contributed by atoms with E-state index in [-0.39, 0.29) is 0 Å². The molecule has 0 aliphatic carbocycles. The largest absolute Gasteiger partial charge is 0.382 e. The molecule has 3 rings (SSSR count). The molecule has 3 aromatic rings. The first kappa shape index (κ1) is 11.9. The lowest BCUT2D eigenvalue weighted by Gasteiger charge is -2.11. The van der Waals surface area contributed by atoms with Gasteiger partial charge in [-0.1, -0.05) is 18.2 Å². The van der Waals surface area contributed by atoms with Crippen molar-refractivity contribution in [3.63, 3.8) is 0 Å². The first-order valence-electron chi connectivity index (χ1n) is 6.18. The van der Waals surface area contributed by atoms with Gasteiger partial charge in [0.25, 0.3) is 0 Å². The highest BCUT2D eigenvalue weighted by Crippen LogP contribution is 2.24. The summed E-state index contributed by atoms with van der Waals surface area (Å²) in [5.41, 5.74) is 3.40. The van der Waals surface area contributed by atoms with Crippen molar-refractivity contribution in [2.45, 2.75) is 13.0 Å². The van der Waals surface area contributed by atoms with E-state index in [9.17, 15) is 5.11 Å². The summed E-state index contributed by atoms with van der Waals surface area (Å²) >= 11 is 0. The summed E-state index contributed by atoms with van der Waals surface area (Å²) < 4.78 is 1.71. The molecule has 0 spiro atoms. The molecule has 4 heteroatoms. The molecule has 4 nitrogen and oxygen atoms in total. The summed E-state index contributed by atoms with van der Waals surface area (Å²) in [6.07, 6.45) is 1.07. The van der Waals surface area contributed by atoms with Gasteiger partial charge in [-0.2, -0.15) is 5.10 Å². The molecule has 0 aliphatic heterocycles. The molecule has 1 unspecified atom stereocenters. The zero-order chi connectivity index (χ0) is 13.4. The molecular weight excluding hydrogens is 238 g/mol. The number of benzene rings is 1. The Bertz CT molecular complexity index is 733. The van der Waals surface area contributed by atoms with Crippen LogP contribution in [-0.2, 0) is 7.05 Å². The van der Waals surface area contributed by atoms with Crippen molar-refractivity contribution in [2.24, 2.45) is 7.05 Å². The molecule has 0 radical (unpaired) electrons. The molecule has 0 fully saturated rings. The van der Waals surface area contributed by atoms with Crippen molar-refractivity contribution >= 4 is 10.9 Å². The van der Waals surface area contributed by atoms with E-state index in [2.05, 4.69) is 10.1 Å². The molecule has 1 aromatic carbocycles. The van der Waals surface area contributed by atoms with E-state index in [1.165, 1.54) is 0 Å². The maximum absolute atomic E-state index is 10.5. The Hall–Kier alpha value is -2.20. The first-order valence-corrected chi connectivity index (χ1v) is 6.18. The van der Waals surface area contributed by atoms with E-state index in [1.807, 2.05) is 50.4 Å². The van der Waals surface area contributed by atoms with Crippen LogP contribution in [0.25, 0.3) is 10.9 Å². The molecule has 1 atom stereocenters. The minimum Gasteiger partial charge on any atom is -0.382 e. The average Bonchev–Trinajstić information content (AvgIpc) is 2.76. The molecule has 96 valence electrons. The number of aryl methyl sites for hydroxylation is 2. The number of aliphatic hydroxyl groups is 1. The third-order valence-corrected chi connectivity index (χ3v) is 3.26. The third kappa shape index (κ3) is 2.11. The van der Waals surface area contributed by atoms with Crippen LogP contribution < -0.4 is 0 Å². The fourth-order valence-corrected chi connectivity index (χ4v) is 2.31. The van der Waals surface area contributed by atoms with Crippen molar-refractivity contribution < 1.29 is 5.11 Å². The van der Waals surface area contributed by atoms with Gasteiger partial charge in [0.2, 0.25) is 0 Å². The standard InChI is InChI=1S/C15H15N3O/c1-10-8-14(18(2)17-10)15(19)12-6-5-11-4-3-7-16-13(11)9-12/h3-9,15,19H,1-2H3. The Kier molecular flexibility index (Phi) is 2.80. The molecule has 0 aliphatic rings. The molecule has 0 saturated heterocycles. The number of pyridine rings is 1. The highest BCUT2D eigenvalue weighted by atomic mass is 16.3. The lowest BCUT2D eigenvalue weighted by atomic mass is 10.0. The van der Waals surface area contributed by atoms with Crippen LogP contribution >= 0.6 is 0 Å². The summed E-state index contributed by atoms with van der Waals surface area (Å²) in [5.74, 6) is 0. The van der Waals surface area contributed by atoms with Gasteiger partial charge in [-0.15, -0.1) is 0 Å².